The van der Waals surface area contributed by atoms with Crippen molar-refractivity contribution < 1.29 is 9.47 Å². The topological polar surface area (TPSA) is 56.3 Å². The molecule has 0 fully saturated rings. The minimum absolute atomic E-state index is 0.446. The summed E-state index contributed by atoms with van der Waals surface area (Å²) in [5, 5.41) is 6.13. The number of hydrogen-bond acceptors (Lipinski definition) is 6. The molecule has 94 valence electrons. The van der Waals surface area contributed by atoms with E-state index in [-0.39, 0.29) is 0 Å². The van der Waals surface area contributed by atoms with Crippen LogP contribution in [-0.2, 0) is 13.2 Å². The van der Waals surface area contributed by atoms with E-state index in [1.54, 1.807) is 17.5 Å². The number of rotatable bonds is 3. The third kappa shape index (κ3) is 2.60. The molecule has 0 spiro atoms. The second kappa shape index (κ2) is 5.32. The Hall–Kier alpha value is -1.66. The molecule has 1 aliphatic heterocycles. The van der Waals surface area contributed by atoms with E-state index in [4.69, 9.17) is 9.47 Å². The molecule has 3 rings (SSSR count). The van der Waals surface area contributed by atoms with Crippen LogP contribution in [0.5, 0.6) is 11.8 Å². The second-order valence-electron chi connectivity index (χ2n) is 3.85. The summed E-state index contributed by atoms with van der Waals surface area (Å²) in [5.41, 5.74) is 1.06. The molecule has 6 heteroatoms. The highest BCUT2D eigenvalue weighted by Crippen LogP contribution is 2.22. The third-order valence-electron chi connectivity index (χ3n) is 2.57. The van der Waals surface area contributed by atoms with Gasteiger partial charge in [-0.05, 0) is 6.07 Å². The van der Waals surface area contributed by atoms with Gasteiger partial charge in [0.2, 0.25) is 11.8 Å². The fraction of sp³-hybridized carbons (Fsp3) is 0.333. The van der Waals surface area contributed by atoms with E-state index in [1.165, 1.54) is 0 Å². The standard InChI is InChI=1S/C12H13N3O2S/c1-2-10(17-8-11-14-4-6-18-11)15-12-9(1)7-13-3-5-16-12/h1-2,4,6,13H,3,5,7-8H2. The first-order valence-corrected chi connectivity index (χ1v) is 6.64. The Kier molecular flexibility index (Phi) is 3.38. The Bertz CT molecular complexity index is 516. The molecule has 1 N–H and O–H groups in total. The average Bonchev–Trinajstić information content (AvgIpc) is 2.80. The lowest BCUT2D eigenvalue weighted by Crippen LogP contribution is -2.16. The average molecular weight is 263 g/mol. The zero-order valence-corrected chi connectivity index (χ0v) is 10.6. The van der Waals surface area contributed by atoms with E-state index in [0.29, 0.717) is 25.0 Å². The van der Waals surface area contributed by atoms with Crippen molar-refractivity contribution in [2.75, 3.05) is 13.2 Å². The van der Waals surface area contributed by atoms with Gasteiger partial charge in [-0.2, -0.15) is 4.98 Å². The first-order chi connectivity index (χ1) is 8.92. The van der Waals surface area contributed by atoms with Gasteiger partial charge in [-0.1, -0.05) is 0 Å². The molecule has 0 atom stereocenters. The number of fused-ring (bicyclic) bond motifs is 1. The molecule has 2 aromatic rings. The van der Waals surface area contributed by atoms with Crippen LogP contribution in [0.3, 0.4) is 0 Å². The Balaban J connectivity index is 1.71. The van der Waals surface area contributed by atoms with Crippen molar-refractivity contribution in [3.05, 3.63) is 34.3 Å². The minimum atomic E-state index is 0.446. The smallest absolute Gasteiger partial charge is 0.221 e. The monoisotopic (exact) mass is 263 g/mol. The first-order valence-electron chi connectivity index (χ1n) is 5.76. The molecule has 0 aromatic carbocycles. The summed E-state index contributed by atoms with van der Waals surface area (Å²) in [6, 6.07) is 3.85. The van der Waals surface area contributed by atoms with Crippen molar-refractivity contribution in [1.29, 1.82) is 0 Å². The molecule has 0 amide bonds. The highest BCUT2D eigenvalue weighted by atomic mass is 32.1. The van der Waals surface area contributed by atoms with Gasteiger partial charge in [-0.25, -0.2) is 4.98 Å². The lowest BCUT2D eigenvalue weighted by atomic mass is 10.2. The van der Waals surface area contributed by atoms with Crippen molar-refractivity contribution in [3.63, 3.8) is 0 Å². The summed E-state index contributed by atoms with van der Waals surface area (Å²) >= 11 is 1.57. The highest BCUT2D eigenvalue weighted by molar-refractivity contribution is 7.09. The van der Waals surface area contributed by atoms with E-state index in [0.717, 1.165) is 23.7 Å². The lowest BCUT2D eigenvalue weighted by molar-refractivity contribution is 0.276. The normalized spacial score (nSPS) is 14.4. The van der Waals surface area contributed by atoms with Gasteiger partial charge in [0.15, 0.2) is 0 Å². The number of aromatic nitrogens is 2. The lowest BCUT2D eigenvalue weighted by Gasteiger charge is -2.08. The fourth-order valence-corrected chi connectivity index (χ4v) is 2.22. The molecule has 0 unspecified atom stereocenters. The van der Waals surface area contributed by atoms with Crippen LogP contribution in [0.25, 0.3) is 0 Å². The van der Waals surface area contributed by atoms with Crippen molar-refractivity contribution in [1.82, 2.24) is 15.3 Å². The number of nitrogens with one attached hydrogen (secondary N) is 1. The van der Waals surface area contributed by atoms with Gasteiger partial charge in [-0.15, -0.1) is 11.3 Å². The molecular weight excluding hydrogens is 250 g/mol. The van der Waals surface area contributed by atoms with Gasteiger partial charge in [0.1, 0.15) is 18.2 Å². The van der Waals surface area contributed by atoms with Crippen LogP contribution in [0.4, 0.5) is 0 Å². The molecule has 0 bridgehead atoms. The van der Waals surface area contributed by atoms with Gasteiger partial charge in [0, 0.05) is 36.3 Å². The molecular formula is C12H13N3O2S. The Morgan fingerprint density at radius 2 is 2.44 bits per heavy atom. The summed E-state index contributed by atoms with van der Waals surface area (Å²) in [4.78, 5) is 8.52. The van der Waals surface area contributed by atoms with E-state index < -0.39 is 0 Å². The molecule has 1 aliphatic rings. The summed E-state index contributed by atoms with van der Waals surface area (Å²) in [6.45, 7) is 2.71. The maximum Gasteiger partial charge on any atom is 0.221 e. The highest BCUT2D eigenvalue weighted by Gasteiger charge is 2.11. The van der Waals surface area contributed by atoms with E-state index in [1.807, 2.05) is 17.5 Å². The summed E-state index contributed by atoms with van der Waals surface area (Å²) < 4.78 is 11.2. The number of hydrogen-bond donors (Lipinski definition) is 1. The molecule has 0 saturated heterocycles. The number of thiazole rings is 1. The zero-order valence-electron chi connectivity index (χ0n) is 9.76. The Morgan fingerprint density at radius 1 is 1.44 bits per heavy atom. The van der Waals surface area contributed by atoms with Gasteiger partial charge < -0.3 is 14.8 Å². The van der Waals surface area contributed by atoms with Crippen molar-refractivity contribution in [2.24, 2.45) is 0 Å². The zero-order chi connectivity index (χ0) is 12.2. The van der Waals surface area contributed by atoms with Crippen LogP contribution in [0.15, 0.2) is 23.7 Å². The quantitative estimate of drug-likeness (QED) is 0.911. The molecule has 0 saturated carbocycles. The summed E-state index contributed by atoms with van der Waals surface area (Å²) in [7, 11) is 0. The van der Waals surface area contributed by atoms with Crippen LogP contribution < -0.4 is 14.8 Å². The largest absolute Gasteiger partial charge is 0.476 e. The van der Waals surface area contributed by atoms with Gasteiger partial charge in [-0.3, -0.25) is 0 Å². The predicted octanol–water partition coefficient (Wildman–Crippen LogP) is 1.60. The van der Waals surface area contributed by atoms with Gasteiger partial charge in [0.05, 0.1) is 0 Å². The van der Waals surface area contributed by atoms with E-state index in [2.05, 4.69) is 15.3 Å². The number of nitrogens with zero attached hydrogens (tertiary/aromatic N) is 2. The van der Waals surface area contributed by atoms with E-state index in [9.17, 15) is 0 Å². The van der Waals surface area contributed by atoms with Crippen molar-refractivity contribution >= 4 is 11.3 Å². The van der Waals surface area contributed by atoms with Gasteiger partial charge in [0.25, 0.3) is 0 Å². The number of pyridine rings is 1. The fourth-order valence-electron chi connectivity index (χ4n) is 1.70. The first kappa shape index (κ1) is 11.4. The van der Waals surface area contributed by atoms with E-state index >= 15 is 0 Å². The van der Waals surface area contributed by atoms with Crippen LogP contribution in [0.2, 0.25) is 0 Å². The molecule has 5 nitrogen and oxygen atoms in total. The van der Waals surface area contributed by atoms with Crippen LogP contribution >= 0.6 is 11.3 Å². The second-order valence-corrected chi connectivity index (χ2v) is 4.83. The summed E-state index contributed by atoms with van der Waals surface area (Å²) in [6.07, 6.45) is 1.77. The summed E-state index contributed by atoms with van der Waals surface area (Å²) in [5.74, 6) is 1.24. The maximum atomic E-state index is 5.59. The molecule has 2 aromatic heterocycles. The Labute approximate surface area is 109 Å². The SMILES string of the molecule is c1csc(COc2ccc3c(n2)OCCNC3)n1. The molecule has 0 aliphatic carbocycles. The van der Waals surface area contributed by atoms with Gasteiger partial charge >= 0.3 is 0 Å². The number of ether oxygens (including phenoxy) is 2. The third-order valence-corrected chi connectivity index (χ3v) is 3.33. The van der Waals surface area contributed by atoms with Crippen LogP contribution in [0, 0.1) is 0 Å². The maximum absolute atomic E-state index is 5.59. The van der Waals surface area contributed by atoms with Crippen LogP contribution in [-0.4, -0.2) is 23.1 Å². The van der Waals surface area contributed by atoms with Crippen LogP contribution in [0.1, 0.15) is 10.6 Å². The molecule has 0 radical (unpaired) electrons. The minimum Gasteiger partial charge on any atom is -0.476 e. The van der Waals surface area contributed by atoms with Crippen molar-refractivity contribution in [3.8, 4) is 11.8 Å². The predicted molar refractivity (Wildman–Crippen MR) is 67.9 cm³/mol. The Morgan fingerprint density at radius 3 is 3.33 bits per heavy atom. The van der Waals surface area contributed by atoms with Crippen molar-refractivity contribution in [2.45, 2.75) is 13.2 Å². The molecule has 3 heterocycles. The molecule has 18 heavy (non-hydrogen) atoms.